The van der Waals surface area contributed by atoms with Gasteiger partial charge in [-0.3, -0.25) is 4.79 Å². The largest absolute Gasteiger partial charge is 3.00 e. The topological polar surface area (TPSA) is 63.3 Å². The second-order valence-corrected chi connectivity index (χ2v) is 0.598. The molecule has 0 aliphatic heterocycles. The zero-order valence-corrected chi connectivity index (χ0v) is 4.10. The van der Waals surface area contributed by atoms with E-state index < -0.39 is 5.97 Å². The molecule has 0 aromatic carbocycles. The van der Waals surface area contributed by atoms with Gasteiger partial charge in [0.1, 0.15) is 0 Å². The second kappa shape index (κ2) is 4.95. The van der Waals surface area contributed by atoms with Crippen molar-refractivity contribution in [2.75, 3.05) is 6.54 Å². The summed E-state index contributed by atoms with van der Waals surface area (Å²) < 4.78 is 0. The van der Waals surface area contributed by atoms with Gasteiger partial charge in [0.15, 0.2) is 0 Å². The maximum absolute atomic E-state index is 9.24. The van der Waals surface area contributed by atoms with Crippen molar-refractivity contribution in [3.63, 3.8) is 0 Å². The molecule has 0 heterocycles. The standard InChI is InChI=1S/C2H5NO2.Fe/c3-1-2(4)5;/h1,3H2,(H,4,5);/q;+3. The molecule has 0 amide bonds. The predicted molar refractivity (Wildman–Crippen MR) is 16.7 cm³/mol. The zero-order chi connectivity index (χ0) is 4.28. The number of rotatable bonds is 1. The van der Waals surface area contributed by atoms with Crippen LogP contribution in [0.4, 0.5) is 0 Å². The van der Waals surface area contributed by atoms with Gasteiger partial charge in [-0.25, -0.2) is 0 Å². The molecule has 0 saturated heterocycles. The van der Waals surface area contributed by atoms with Crippen LogP contribution >= 0.6 is 0 Å². The minimum absolute atomic E-state index is 0. The van der Waals surface area contributed by atoms with Crippen LogP contribution in [0, 0.1) is 0 Å². The number of carboxylic acid groups (broad SMARTS) is 1. The van der Waals surface area contributed by atoms with Crippen LogP contribution in [0.5, 0.6) is 0 Å². The van der Waals surface area contributed by atoms with Gasteiger partial charge in [0.05, 0.1) is 6.54 Å². The van der Waals surface area contributed by atoms with Crippen LogP contribution in [-0.2, 0) is 21.9 Å². The Morgan fingerprint density at radius 1 is 1.83 bits per heavy atom. The van der Waals surface area contributed by atoms with Crippen LogP contribution in [0.25, 0.3) is 0 Å². The van der Waals surface area contributed by atoms with E-state index in [1.165, 1.54) is 0 Å². The van der Waals surface area contributed by atoms with Crippen molar-refractivity contribution < 1.29 is 27.0 Å². The van der Waals surface area contributed by atoms with Gasteiger partial charge in [-0.05, 0) is 0 Å². The molecule has 0 fully saturated rings. The Hall–Kier alpha value is -0.0505. The number of hydrogen-bond acceptors (Lipinski definition) is 2. The van der Waals surface area contributed by atoms with Crippen molar-refractivity contribution >= 4 is 5.97 Å². The number of hydrogen-bond donors (Lipinski definition) is 2. The van der Waals surface area contributed by atoms with Crippen molar-refractivity contribution in [3.8, 4) is 0 Å². The summed E-state index contributed by atoms with van der Waals surface area (Å²) >= 11 is 0. The number of carboxylic acids is 1. The maximum Gasteiger partial charge on any atom is 3.00 e. The van der Waals surface area contributed by atoms with Gasteiger partial charge in [0.25, 0.3) is 0 Å². The minimum atomic E-state index is -0.968. The van der Waals surface area contributed by atoms with Crippen LogP contribution in [0.15, 0.2) is 0 Å². The van der Waals surface area contributed by atoms with Crippen molar-refractivity contribution in [3.05, 3.63) is 0 Å². The molecular weight excluding hydrogens is 126 g/mol. The van der Waals surface area contributed by atoms with E-state index in [0.29, 0.717) is 0 Å². The second-order valence-electron chi connectivity index (χ2n) is 0.598. The van der Waals surface area contributed by atoms with Gasteiger partial charge >= 0.3 is 23.0 Å². The molecule has 0 bridgehead atoms. The normalized spacial score (nSPS) is 6.17. The number of nitrogens with two attached hydrogens (primary N) is 1. The summed E-state index contributed by atoms with van der Waals surface area (Å²) in [6, 6.07) is 0. The van der Waals surface area contributed by atoms with Gasteiger partial charge in [-0.2, -0.15) is 0 Å². The Morgan fingerprint density at radius 3 is 2.00 bits per heavy atom. The maximum atomic E-state index is 9.24. The van der Waals surface area contributed by atoms with Crippen LogP contribution in [0.1, 0.15) is 0 Å². The summed E-state index contributed by atoms with van der Waals surface area (Å²) in [4.78, 5) is 9.24. The monoisotopic (exact) mass is 131 g/mol. The summed E-state index contributed by atoms with van der Waals surface area (Å²) in [7, 11) is 0. The van der Waals surface area contributed by atoms with E-state index in [2.05, 4.69) is 5.73 Å². The summed E-state index contributed by atoms with van der Waals surface area (Å²) in [6.07, 6.45) is 0. The van der Waals surface area contributed by atoms with Gasteiger partial charge in [0.2, 0.25) is 0 Å². The van der Waals surface area contributed by atoms with E-state index in [0.717, 1.165) is 0 Å². The minimum Gasteiger partial charge on any atom is -0.480 e. The fraction of sp³-hybridized carbons (Fsp3) is 0.500. The average molecular weight is 131 g/mol. The molecular formula is C2H5FeNO2+3. The fourth-order valence-corrected chi connectivity index (χ4v) is 0. The molecule has 0 atom stereocenters. The first kappa shape index (κ1) is 9.34. The molecule has 0 rings (SSSR count). The quantitative estimate of drug-likeness (QED) is 0.450. The molecule has 3 nitrogen and oxygen atoms in total. The van der Waals surface area contributed by atoms with E-state index in [9.17, 15) is 4.79 Å². The molecule has 35 valence electrons. The molecule has 0 saturated carbocycles. The van der Waals surface area contributed by atoms with Crippen LogP contribution < -0.4 is 5.73 Å². The van der Waals surface area contributed by atoms with E-state index >= 15 is 0 Å². The molecule has 6 heavy (non-hydrogen) atoms. The summed E-state index contributed by atoms with van der Waals surface area (Å²) in [5, 5.41) is 7.60. The zero-order valence-electron chi connectivity index (χ0n) is 2.99. The number of carbonyl (C=O) groups is 1. The van der Waals surface area contributed by atoms with Gasteiger partial charge in [0, 0.05) is 0 Å². The van der Waals surface area contributed by atoms with Crippen LogP contribution in [-0.4, -0.2) is 17.6 Å². The summed E-state index contributed by atoms with van der Waals surface area (Å²) in [6.45, 7) is -0.278. The van der Waals surface area contributed by atoms with E-state index in [4.69, 9.17) is 5.11 Å². The smallest absolute Gasteiger partial charge is 0.480 e. The Bertz CT molecular complexity index is 46.8. The Labute approximate surface area is 46.0 Å². The van der Waals surface area contributed by atoms with Crippen LogP contribution in [0.3, 0.4) is 0 Å². The Balaban J connectivity index is 0. The molecule has 0 aliphatic carbocycles. The fourth-order valence-electron chi connectivity index (χ4n) is 0. The third-order valence-corrected chi connectivity index (χ3v) is 0.175. The van der Waals surface area contributed by atoms with E-state index in [1.807, 2.05) is 0 Å². The average Bonchev–Trinajstić information content (AvgIpc) is 1.38. The Morgan fingerprint density at radius 2 is 2.00 bits per heavy atom. The van der Waals surface area contributed by atoms with Gasteiger partial charge < -0.3 is 10.8 Å². The van der Waals surface area contributed by atoms with Crippen molar-refractivity contribution in [2.45, 2.75) is 0 Å². The molecule has 3 N–H and O–H groups in total. The third-order valence-electron chi connectivity index (χ3n) is 0.175. The van der Waals surface area contributed by atoms with Crippen molar-refractivity contribution in [2.24, 2.45) is 5.73 Å². The third kappa shape index (κ3) is 9.04. The SMILES string of the molecule is NCC(=O)O.[Fe+3]. The van der Waals surface area contributed by atoms with Crippen molar-refractivity contribution in [1.82, 2.24) is 0 Å². The molecule has 0 aromatic rings. The first-order valence-electron chi connectivity index (χ1n) is 1.19. The molecule has 0 aliphatic rings. The molecule has 1 radical (unpaired) electrons. The molecule has 0 unspecified atom stereocenters. The van der Waals surface area contributed by atoms with Gasteiger partial charge in [-0.1, -0.05) is 0 Å². The molecule has 4 heteroatoms. The number of aliphatic carboxylic acids is 1. The Kier molecular flexibility index (Phi) is 7.71. The first-order valence-corrected chi connectivity index (χ1v) is 1.19. The van der Waals surface area contributed by atoms with Crippen molar-refractivity contribution in [1.29, 1.82) is 0 Å². The molecule has 0 aromatic heterocycles. The van der Waals surface area contributed by atoms with Crippen LogP contribution in [0.2, 0.25) is 0 Å². The predicted octanol–water partition coefficient (Wildman–Crippen LogP) is -0.973. The summed E-state index contributed by atoms with van der Waals surface area (Å²) in [5.41, 5.74) is 4.57. The molecule has 0 spiro atoms. The first-order chi connectivity index (χ1) is 2.27. The van der Waals surface area contributed by atoms with Gasteiger partial charge in [-0.15, -0.1) is 0 Å². The summed E-state index contributed by atoms with van der Waals surface area (Å²) in [5.74, 6) is -0.968. The van der Waals surface area contributed by atoms with E-state index in [1.54, 1.807) is 0 Å². The van der Waals surface area contributed by atoms with E-state index in [-0.39, 0.29) is 23.6 Å².